The fourth-order valence-corrected chi connectivity index (χ4v) is 3.14. The molecule has 2 aromatic heterocycles. The van der Waals surface area contributed by atoms with Crippen molar-refractivity contribution < 1.29 is 4.74 Å². The van der Waals surface area contributed by atoms with E-state index >= 15 is 0 Å². The van der Waals surface area contributed by atoms with Crippen LogP contribution in [0.25, 0.3) is 0 Å². The Bertz CT molecular complexity index is 830. The zero-order valence-corrected chi connectivity index (χ0v) is 15.2. The van der Waals surface area contributed by atoms with E-state index in [1.807, 2.05) is 19.1 Å². The van der Waals surface area contributed by atoms with E-state index < -0.39 is 0 Å². The summed E-state index contributed by atoms with van der Waals surface area (Å²) in [4.78, 5) is 10.7. The lowest BCUT2D eigenvalue weighted by Gasteiger charge is -2.33. The predicted octanol–water partition coefficient (Wildman–Crippen LogP) is 1.47. The third-order valence-electron chi connectivity index (χ3n) is 4.75. The second-order valence-corrected chi connectivity index (χ2v) is 6.85. The van der Waals surface area contributed by atoms with Crippen molar-refractivity contribution in [3.05, 3.63) is 29.8 Å². The molecule has 1 aliphatic heterocycles. The number of nitriles is 1. The Kier molecular flexibility index (Phi) is 5.09. The summed E-state index contributed by atoms with van der Waals surface area (Å²) >= 11 is 0. The number of morpholine rings is 1. The van der Waals surface area contributed by atoms with E-state index in [0.29, 0.717) is 11.6 Å². The number of rotatable bonds is 6. The number of ether oxygens (including phenoxy) is 1. The molecule has 2 fully saturated rings. The molecule has 1 aliphatic carbocycles. The van der Waals surface area contributed by atoms with E-state index in [1.54, 1.807) is 0 Å². The summed E-state index contributed by atoms with van der Waals surface area (Å²) in [5, 5.41) is 23.6. The van der Waals surface area contributed by atoms with Crippen LogP contribution in [0.1, 0.15) is 24.2 Å². The first-order valence-corrected chi connectivity index (χ1v) is 9.14. The van der Waals surface area contributed by atoms with Crippen molar-refractivity contribution in [2.45, 2.75) is 31.9 Å². The van der Waals surface area contributed by atoms with Crippen molar-refractivity contribution in [3.63, 3.8) is 0 Å². The molecular formula is C18H22N8O. The van der Waals surface area contributed by atoms with Crippen molar-refractivity contribution in [1.82, 2.24) is 25.1 Å². The van der Waals surface area contributed by atoms with Gasteiger partial charge in [0.1, 0.15) is 11.9 Å². The lowest BCUT2D eigenvalue weighted by atomic mass is 10.2. The van der Waals surface area contributed by atoms with E-state index in [4.69, 9.17) is 10.00 Å². The molecule has 27 heavy (non-hydrogen) atoms. The molecule has 0 aromatic carbocycles. The molecular weight excluding hydrogens is 344 g/mol. The fourth-order valence-electron chi connectivity index (χ4n) is 3.14. The van der Waals surface area contributed by atoms with Gasteiger partial charge in [-0.25, -0.2) is 9.97 Å². The van der Waals surface area contributed by atoms with Crippen LogP contribution < -0.4 is 10.6 Å². The first kappa shape index (κ1) is 17.6. The first-order chi connectivity index (χ1) is 13.2. The molecule has 1 unspecified atom stereocenters. The van der Waals surface area contributed by atoms with Crippen LogP contribution in [-0.2, 0) is 4.74 Å². The third kappa shape index (κ3) is 4.48. The molecule has 140 valence electrons. The van der Waals surface area contributed by atoms with Gasteiger partial charge in [-0.05, 0) is 19.8 Å². The van der Waals surface area contributed by atoms with Crippen LogP contribution in [-0.4, -0.2) is 63.5 Å². The van der Waals surface area contributed by atoms with Gasteiger partial charge in [-0.2, -0.15) is 10.4 Å². The van der Waals surface area contributed by atoms with Crippen molar-refractivity contribution >= 4 is 17.3 Å². The topological polar surface area (TPSA) is 112 Å². The summed E-state index contributed by atoms with van der Waals surface area (Å²) in [5.41, 5.74) is 1.99. The molecule has 0 spiro atoms. The van der Waals surface area contributed by atoms with Gasteiger partial charge in [0.05, 0.1) is 36.5 Å². The Morgan fingerprint density at radius 3 is 2.89 bits per heavy atom. The Balaban J connectivity index is 1.37. The Morgan fingerprint density at radius 1 is 1.26 bits per heavy atom. The van der Waals surface area contributed by atoms with Crippen LogP contribution in [0.15, 0.2) is 18.5 Å². The lowest BCUT2D eigenvalue weighted by molar-refractivity contribution is -0.0241. The van der Waals surface area contributed by atoms with Crippen LogP contribution >= 0.6 is 0 Å². The predicted molar refractivity (Wildman–Crippen MR) is 99.6 cm³/mol. The number of anilines is 3. The molecule has 2 aliphatic rings. The number of nitrogens with one attached hydrogen (secondary N) is 2. The zero-order chi connectivity index (χ0) is 18.6. The summed E-state index contributed by atoms with van der Waals surface area (Å²) in [6.45, 7) is 5.45. The molecule has 1 atom stereocenters. The Morgan fingerprint density at radius 2 is 2.15 bits per heavy atom. The number of hydrogen-bond acceptors (Lipinski definition) is 9. The van der Waals surface area contributed by atoms with Crippen LogP contribution in [0.2, 0.25) is 0 Å². The van der Waals surface area contributed by atoms with Crippen molar-refractivity contribution in [2.75, 3.05) is 36.9 Å². The molecule has 4 rings (SSSR count). The minimum Gasteiger partial charge on any atom is -0.381 e. The Hall–Kier alpha value is -2.83. The summed E-state index contributed by atoms with van der Waals surface area (Å²) in [5.74, 6) is 1.07. The minimum absolute atomic E-state index is 0.174. The van der Waals surface area contributed by atoms with Crippen molar-refractivity contribution in [1.29, 1.82) is 5.26 Å². The first-order valence-electron chi connectivity index (χ1n) is 9.14. The highest BCUT2D eigenvalue weighted by atomic mass is 16.5. The highest BCUT2D eigenvalue weighted by Crippen LogP contribution is 2.28. The average molecular weight is 366 g/mol. The highest BCUT2D eigenvalue weighted by Gasteiger charge is 2.32. The summed E-state index contributed by atoms with van der Waals surface area (Å²) in [7, 11) is 0. The van der Waals surface area contributed by atoms with E-state index in [2.05, 4.69) is 35.7 Å². The summed E-state index contributed by atoms with van der Waals surface area (Å²) < 4.78 is 5.90. The lowest BCUT2D eigenvalue weighted by Crippen LogP contribution is -2.46. The van der Waals surface area contributed by atoms with E-state index in [0.717, 1.165) is 43.7 Å². The maximum atomic E-state index is 8.79. The zero-order valence-electron chi connectivity index (χ0n) is 15.2. The molecule has 0 bridgehead atoms. The summed E-state index contributed by atoms with van der Waals surface area (Å²) in [6.07, 6.45) is 5.72. The number of hydrogen-bond donors (Lipinski definition) is 2. The molecule has 3 heterocycles. The maximum Gasteiger partial charge on any atom is 0.158 e. The standard InChI is InChI=1S/C18H22N8O/c1-12-16(21-9-15-11-26(4-5-27-15)14-2-3-14)6-17(25-24-12)23-18-10-20-13(7-19)8-22-18/h6,8,10,14-15H,2-5,9,11H2,1H3,(H2,21,22,23,25). The van der Waals surface area contributed by atoms with E-state index in [-0.39, 0.29) is 11.8 Å². The molecule has 9 nitrogen and oxygen atoms in total. The highest BCUT2D eigenvalue weighted by molar-refractivity contribution is 5.59. The Labute approximate surface area is 157 Å². The quantitative estimate of drug-likeness (QED) is 0.784. The van der Waals surface area contributed by atoms with Crippen molar-refractivity contribution in [3.8, 4) is 6.07 Å². The number of aromatic nitrogens is 4. The van der Waals surface area contributed by atoms with Gasteiger partial charge in [-0.3, -0.25) is 4.90 Å². The van der Waals surface area contributed by atoms with Gasteiger partial charge in [0.15, 0.2) is 11.5 Å². The smallest absolute Gasteiger partial charge is 0.158 e. The molecule has 9 heteroatoms. The van der Waals surface area contributed by atoms with Crippen molar-refractivity contribution in [2.24, 2.45) is 0 Å². The van der Waals surface area contributed by atoms with Crippen LogP contribution in [0, 0.1) is 18.3 Å². The fraction of sp³-hybridized carbons (Fsp3) is 0.500. The van der Waals surface area contributed by atoms with Crippen LogP contribution in [0.3, 0.4) is 0 Å². The van der Waals surface area contributed by atoms with Gasteiger partial charge < -0.3 is 15.4 Å². The van der Waals surface area contributed by atoms with Crippen LogP contribution in [0.4, 0.5) is 17.3 Å². The number of nitrogens with zero attached hydrogens (tertiary/aromatic N) is 6. The second kappa shape index (κ2) is 7.82. The van der Waals surface area contributed by atoms with Crippen LogP contribution in [0.5, 0.6) is 0 Å². The third-order valence-corrected chi connectivity index (χ3v) is 4.75. The van der Waals surface area contributed by atoms with Gasteiger partial charge in [0, 0.05) is 31.7 Å². The normalized spacial score (nSPS) is 20.1. The minimum atomic E-state index is 0.174. The largest absolute Gasteiger partial charge is 0.381 e. The van der Waals surface area contributed by atoms with Gasteiger partial charge in [0.25, 0.3) is 0 Å². The molecule has 2 N–H and O–H groups in total. The number of aryl methyl sites for hydroxylation is 1. The maximum absolute atomic E-state index is 8.79. The van der Waals surface area contributed by atoms with E-state index in [1.165, 1.54) is 25.2 Å². The van der Waals surface area contributed by atoms with E-state index in [9.17, 15) is 0 Å². The molecule has 1 saturated heterocycles. The molecule has 0 radical (unpaired) electrons. The monoisotopic (exact) mass is 366 g/mol. The summed E-state index contributed by atoms with van der Waals surface area (Å²) in [6, 6.07) is 4.60. The second-order valence-electron chi connectivity index (χ2n) is 6.85. The average Bonchev–Trinajstić information content (AvgIpc) is 3.55. The van der Waals surface area contributed by atoms with Gasteiger partial charge in [-0.1, -0.05) is 0 Å². The molecule has 0 amide bonds. The van der Waals surface area contributed by atoms with Gasteiger partial charge in [0.2, 0.25) is 0 Å². The van der Waals surface area contributed by atoms with Gasteiger partial charge >= 0.3 is 0 Å². The molecule has 2 aromatic rings. The van der Waals surface area contributed by atoms with Gasteiger partial charge in [-0.15, -0.1) is 5.10 Å². The SMILES string of the molecule is Cc1nnc(Nc2cnc(C#N)cn2)cc1NCC1CN(C2CC2)CCO1. The molecule has 1 saturated carbocycles.